The minimum absolute atomic E-state index is 0.0215. The molecule has 1 unspecified atom stereocenters. The third-order valence-corrected chi connectivity index (χ3v) is 4.87. The van der Waals surface area contributed by atoms with E-state index in [-0.39, 0.29) is 5.56 Å². The smallest absolute Gasteiger partial charge is 0.161 e. The molecular formula is C11H5BrClF3S. The zero-order chi connectivity index (χ0) is 12.6. The van der Waals surface area contributed by atoms with Gasteiger partial charge in [-0.2, -0.15) is 0 Å². The van der Waals surface area contributed by atoms with Gasteiger partial charge in [-0.3, -0.25) is 0 Å². The summed E-state index contributed by atoms with van der Waals surface area (Å²) in [6.07, 6.45) is 0. The molecule has 1 heterocycles. The van der Waals surface area contributed by atoms with Crippen molar-refractivity contribution in [1.82, 2.24) is 0 Å². The van der Waals surface area contributed by atoms with Gasteiger partial charge in [0.2, 0.25) is 0 Å². The van der Waals surface area contributed by atoms with Crippen molar-refractivity contribution in [2.75, 3.05) is 0 Å². The van der Waals surface area contributed by atoms with Crippen molar-refractivity contribution in [3.8, 4) is 0 Å². The van der Waals surface area contributed by atoms with Crippen LogP contribution in [-0.2, 0) is 0 Å². The molecule has 0 saturated heterocycles. The van der Waals surface area contributed by atoms with Gasteiger partial charge in [0, 0.05) is 16.5 Å². The topological polar surface area (TPSA) is 0 Å². The van der Waals surface area contributed by atoms with Crippen LogP contribution in [0.1, 0.15) is 15.3 Å². The maximum Gasteiger partial charge on any atom is 0.161 e. The summed E-state index contributed by atoms with van der Waals surface area (Å²) in [4.78, 5) is 0.0571. The van der Waals surface area contributed by atoms with E-state index < -0.39 is 22.3 Å². The zero-order valence-electron chi connectivity index (χ0n) is 8.18. The molecule has 17 heavy (non-hydrogen) atoms. The van der Waals surface area contributed by atoms with Crippen molar-refractivity contribution >= 4 is 38.9 Å². The average Bonchev–Trinajstić information content (AvgIpc) is 2.69. The van der Waals surface area contributed by atoms with Gasteiger partial charge in [-0.25, -0.2) is 13.2 Å². The van der Waals surface area contributed by atoms with Gasteiger partial charge in [-0.05, 0) is 17.5 Å². The van der Waals surface area contributed by atoms with Gasteiger partial charge >= 0.3 is 0 Å². The lowest BCUT2D eigenvalue weighted by molar-refractivity contribution is 0.491. The predicted octanol–water partition coefficient (Wildman–Crippen LogP) is 5.30. The average molecular weight is 342 g/mol. The molecule has 1 aromatic heterocycles. The highest BCUT2D eigenvalue weighted by molar-refractivity contribution is 9.09. The first-order valence-electron chi connectivity index (χ1n) is 4.52. The van der Waals surface area contributed by atoms with Gasteiger partial charge < -0.3 is 0 Å². The summed E-state index contributed by atoms with van der Waals surface area (Å²) >= 11 is 10.4. The molecule has 0 spiro atoms. The molecule has 2 aromatic rings. The molecule has 0 aliphatic heterocycles. The van der Waals surface area contributed by atoms with Crippen molar-refractivity contribution in [1.29, 1.82) is 0 Å². The second kappa shape index (κ2) is 5.00. The van der Waals surface area contributed by atoms with Gasteiger partial charge in [-0.1, -0.05) is 27.5 Å². The second-order valence-electron chi connectivity index (χ2n) is 3.28. The first-order chi connectivity index (χ1) is 8.00. The van der Waals surface area contributed by atoms with Crippen molar-refractivity contribution in [3.63, 3.8) is 0 Å². The molecule has 90 valence electrons. The Morgan fingerprint density at radius 1 is 1.12 bits per heavy atom. The van der Waals surface area contributed by atoms with Gasteiger partial charge in [0.25, 0.3) is 0 Å². The van der Waals surface area contributed by atoms with E-state index >= 15 is 0 Å². The first-order valence-corrected chi connectivity index (χ1v) is 6.69. The summed E-state index contributed by atoms with van der Waals surface area (Å²) < 4.78 is 39.4. The summed E-state index contributed by atoms with van der Waals surface area (Å²) in [6, 6.07) is 3.02. The number of hydrogen-bond acceptors (Lipinski definition) is 1. The van der Waals surface area contributed by atoms with Crippen LogP contribution >= 0.6 is 38.9 Å². The molecule has 0 aliphatic rings. The minimum Gasteiger partial charge on any atom is -0.207 e. The molecule has 2 rings (SSSR count). The van der Waals surface area contributed by atoms with Crippen molar-refractivity contribution in [3.05, 3.63) is 56.5 Å². The standard InChI is InChI=1S/C11H5BrClF3S/c12-10(11-6(13)1-2-17-11)5-3-8(15)9(16)4-7(5)14/h1-4,10H. The Kier molecular flexibility index (Phi) is 3.80. The Labute approximate surface area is 113 Å². The third-order valence-electron chi connectivity index (χ3n) is 2.19. The van der Waals surface area contributed by atoms with Crippen LogP contribution in [0.4, 0.5) is 13.2 Å². The Morgan fingerprint density at radius 3 is 2.35 bits per heavy atom. The summed E-state index contributed by atoms with van der Waals surface area (Å²) in [7, 11) is 0. The van der Waals surface area contributed by atoms with Crippen LogP contribution in [0, 0.1) is 17.5 Å². The Balaban J connectivity index is 2.48. The van der Waals surface area contributed by atoms with Crippen molar-refractivity contribution in [2.45, 2.75) is 4.83 Å². The monoisotopic (exact) mass is 340 g/mol. The second-order valence-corrected chi connectivity index (χ2v) is 5.55. The summed E-state index contributed by atoms with van der Waals surface area (Å²) in [6.45, 7) is 0. The van der Waals surface area contributed by atoms with E-state index in [1.54, 1.807) is 11.4 Å². The van der Waals surface area contributed by atoms with Crippen LogP contribution in [0.25, 0.3) is 0 Å². The van der Waals surface area contributed by atoms with Crippen LogP contribution in [0.2, 0.25) is 5.02 Å². The Hall–Kier alpha value is -0.520. The molecular weight excluding hydrogens is 337 g/mol. The Morgan fingerprint density at radius 2 is 1.76 bits per heavy atom. The fourth-order valence-corrected chi connectivity index (χ4v) is 3.57. The lowest BCUT2D eigenvalue weighted by atomic mass is 10.1. The molecule has 0 bridgehead atoms. The lowest BCUT2D eigenvalue weighted by Crippen LogP contribution is -1.98. The molecule has 0 amide bonds. The molecule has 6 heteroatoms. The molecule has 0 N–H and O–H groups in total. The summed E-state index contributed by atoms with van der Waals surface area (Å²) in [5, 5.41) is 2.20. The predicted molar refractivity (Wildman–Crippen MR) is 66.4 cm³/mol. The maximum atomic E-state index is 13.5. The number of halogens is 5. The minimum atomic E-state index is -1.21. The van der Waals surface area contributed by atoms with Crippen molar-refractivity contribution < 1.29 is 13.2 Å². The SMILES string of the molecule is Fc1cc(F)c(C(Br)c2sccc2Cl)cc1F. The van der Waals surface area contributed by atoms with E-state index in [1.807, 2.05) is 0 Å². The molecule has 0 fully saturated rings. The molecule has 0 nitrogen and oxygen atoms in total. The van der Waals surface area contributed by atoms with Gasteiger partial charge in [-0.15, -0.1) is 11.3 Å². The molecule has 1 atom stereocenters. The highest BCUT2D eigenvalue weighted by atomic mass is 79.9. The fourth-order valence-electron chi connectivity index (χ4n) is 1.36. The van der Waals surface area contributed by atoms with E-state index in [1.165, 1.54) is 11.3 Å². The van der Waals surface area contributed by atoms with E-state index in [0.29, 0.717) is 16.0 Å². The fraction of sp³-hybridized carbons (Fsp3) is 0.0909. The largest absolute Gasteiger partial charge is 0.207 e. The first kappa shape index (κ1) is 12.9. The van der Waals surface area contributed by atoms with Crippen LogP contribution in [0.15, 0.2) is 23.6 Å². The number of thiophene rings is 1. The normalized spacial score (nSPS) is 12.8. The lowest BCUT2D eigenvalue weighted by Gasteiger charge is -2.10. The summed E-state index contributed by atoms with van der Waals surface area (Å²) in [5.74, 6) is -3.10. The van der Waals surface area contributed by atoms with Gasteiger partial charge in [0.05, 0.1) is 9.85 Å². The number of benzene rings is 1. The van der Waals surface area contributed by atoms with Crippen LogP contribution in [0.5, 0.6) is 0 Å². The van der Waals surface area contributed by atoms with E-state index in [0.717, 1.165) is 6.07 Å². The molecule has 0 radical (unpaired) electrons. The quantitative estimate of drug-likeness (QED) is 0.513. The van der Waals surface area contributed by atoms with Gasteiger partial charge in [0.1, 0.15) is 5.82 Å². The molecule has 0 saturated carbocycles. The van der Waals surface area contributed by atoms with E-state index in [4.69, 9.17) is 11.6 Å². The van der Waals surface area contributed by atoms with Crippen molar-refractivity contribution in [2.24, 2.45) is 0 Å². The highest BCUT2D eigenvalue weighted by Crippen LogP contribution is 2.40. The third kappa shape index (κ3) is 2.51. The van der Waals surface area contributed by atoms with Gasteiger partial charge in [0.15, 0.2) is 11.6 Å². The summed E-state index contributed by atoms with van der Waals surface area (Å²) in [5.41, 5.74) is 0.0215. The molecule has 0 aliphatic carbocycles. The number of alkyl halides is 1. The maximum absolute atomic E-state index is 13.5. The number of hydrogen-bond donors (Lipinski definition) is 0. The zero-order valence-corrected chi connectivity index (χ0v) is 11.3. The van der Waals surface area contributed by atoms with Crippen LogP contribution < -0.4 is 0 Å². The van der Waals surface area contributed by atoms with Crippen LogP contribution in [-0.4, -0.2) is 0 Å². The molecule has 1 aromatic carbocycles. The van der Waals surface area contributed by atoms with E-state index in [9.17, 15) is 13.2 Å². The van der Waals surface area contributed by atoms with Crippen LogP contribution in [0.3, 0.4) is 0 Å². The number of rotatable bonds is 2. The van der Waals surface area contributed by atoms with E-state index in [2.05, 4.69) is 15.9 Å². The highest BCUT2D eigenvalue weighted by Gasteiger charge is 2.21. The Bertz CT molecular complexity index is 556.